The number of rotatable bonds is 4. The van der Waals surface area contributed by atoms with Crippen LogP contribution in [0.25, 0.3) is 0 Å². The summed E-state index contributed by atoms with van der Waals surface area (Å²) in [5.41, 5.74) is 3.66. The van der Waals surface area contributed by atoms with Gasteiger partial charge < -0.3 is 14.5 Å². The molecule has 0 saturated carbocycles. The molecule has 152 valence electrons. The molecule has 0 spiro atoms. The molecule has 29 heavy (non-hydrogen) atoms. The first-order valence-corrected chi connectivity index (χ1v) is 9.71. The average molecular weight is 435 g/mol. The number of piperazine rings is 1. The van der Waals surface area contributed by atoms with Crippen molar-refractivity contribution in [1.29, 1.82) is 0 Å². The zero-order valence-corrected chi connectivity index (χ0v) is 17.3. The van der Waals surface area contributed by atoms with Crippen molar-refractivity contribution in [2.24, 2.45) is 5.10 Å². The molecule has 0 bridgehead atoms. The molecule has 7 nitrogen and oxygen atoms in total. The first kappa shape index (κ1) is 21.0. The molecule has 1 heterocycles. The molecule has 0 aliphatic carbocycles. The summed E-state index contributed by atoms with van der Waals surface area (Å²) in [6, 6.07) is 12.7. The number of halogens is 2. The van der Waals surface area contributed by atoms with Gasteiger partial charge >= 0.3 is 11.8 Å². The third-order valence-corrected chi connectivity index (χ3v) is 5.21. The molecule has 0 aromatic heterocycles. The van der Waals surface area contributed by atoms with Crippen LogP contribution in [0.2, 0.25) is 10.0 Å². The number of amides is 2. The number of carbonyl (C=O) groups excluding carboxylic acids is 2. The number of hydrazone groups is 1. The lowest BCUT2D eigenvalue weighted by molar-refractivity contribution is -0.146. The van der Waals surface area contributed by atoms with Crippen LogP contribution in [0, 0.1) is 0 Å². The lowest BCUT2D eigenvalue weighted by atomic mass is 10.2. The van der Waals surface area contributed by atoms with Crippen molar-refractivity contribution in [2.75, 3.05) is 38.2 Å². The van der Waals surface area contributed by atoms with Gasteiger partial charge in [-0.15, -0.1) is 0 Å². The van der Waals surface area contributed by atoms with E-state index in [1.54, 1.807) is 25.3 Å². The Balaban J connectivity index is 1.55. The number of anilines is 1. The van der Waals surface area contributed by atoms with E-state index in [0.717, 1.165) is 11.4 Å². The Morgan fingerprint density at radius 3 is 2.34 bits per heavy atom. The first-order chi connectivity index (χ1) is 14.0. The molecule has 2 aromatic carbocycles. The van der Waals surface area contributed by atoms with Crippen LogP contribution in [0.1, 0.15) is 5.56 Å². The minimum atomic E-state index is -0.810. The quantitative estimate of drug-likeness (QED) is 0.456. The van der Waals surface area contributed by atoms with Crippen molar-refractivity contribution >= 4 is 46.9 Å². The molecule has 1 fully saturated rings. The highest BCUT2D eigenvalue weighted by molar-refractivity contribution is 6.38. The maximum Gasteiger partial charge on any atom is 0.329 e. The summed E-state index contributed by atoms with van der Waals surface area (Å²) in [5, 5.41) is 4.59. The van der Waals surface area contributed by atoms with E-state index >= 15 is 0 Å². The van der Waals surface area contributed by atoms with Gasteiger partial charge in [-0.1, -0.05) is 41.4 Å². The van der Waals surface area contributed by atoms with Gasteiger partial charge in [0.1, 0.15) is 5.75 Å². The molecule has 1 aliphatic rings. The summed E-state index contributed by atoms with van der Waals surface area (Å²) in [6.45, 7) is 2.03. The summed E-state index contributed by atoms with van der Waals surface area (Å²) < 4.78 is 5.39. The molecule has 3 rings (SSSR count). The van der Waals surface area contributed by atoms with Gasteiger partial charge in [0.2, 0.25) is 0 Å². The van der Waals surface area contributed by atoms with Crippen LogP contribution in [-0.2, 0) is 9.59 Å². The molecule has 0 unspecified atom stereocenters. The number of benzene rings is 2. The monoisotopic (exact) mass is 434 g/mol. The van der Waals surface area contributed by atoms with Crippen LogP contribution in [0.3, 0.4) is 0 Å². The van der Waals surface area contributed by atoms with Crippen LogP contribution in [0.4, 0.5) is 5.69 Å². The van der Waals surface area contributed by atoms with Gasteiger partial charge in [-0.05, 0) is 24.3 Å². The summed E-state index contributed by atoms with van der Waals surface area (Å²) in [7, 11) is 1.62. The zero-order valence-electron chi connectivity index (χ0n) is 15.8. The topological polar surface area (TPSA) is 74.2 Å². The van der Waals surface area contributed by atoms with Gasteiger partial charge in [-0.2, -0.15) is 5.10 Å². The molecular weight excluding hydrogens is 415 g/mol. The van der Waals surface area contributed by atoms with E-state index in [9.17, 15) is 9.59 Å². The van der Waals surface area contributed by atoms with E-state index in [0.29, 0.717) is 41.8 Å². The molecule has 1 N–H and O–H groups in total. The number of para-hydroxylation sites is 2. The van der Waals surface area contributed by atoms with Crippen LogP contribution >= 0.6 is 23.2 Å². The van der Waals surface area contributed by atoms with Crippen LogP contribution in [0.15, 0.2) is 47.6 Å². The second-order valence-electron chi connectivity index (χ2n) is 6.29. The van der Waals surface area contributed by atoms with E-state index in [4.69, 9.17) is 27.9 Å². The Morgan fingerprint density at radius 2 is 1.69 bits per heavy atom. The Morgan fingerprint density at radius 1 is 1.03 bits per heavy atom. The van der Waals surface area contributed by atoms with Gasteiger partial charge in [0.05, 0.1) is 29.1 Å². The summed E-state index contributed by atoms with van der Waals surface area (Å²) >= 11 is 12.1. The van der Waals surface area contributed by atoms with Crippen molar-refractivity contribution in [1.82, 2.24) is 10.3 Å². The fourth-order valence-corrected chi connectivity index (χ4v) is 3.52. The van der Waals surface area contributed by atoms with Crippen molar-refractivity contribution in [3.05, 3.63) is 58.1 Å². The van der Waals surface area contributed by atoms with Gasteiger partial charge in [0, 0.05) is 31.7 Å². The van der Waals surface area contributed by atoms with Crippen LogP contribution in [-0.4, -0.2) is 56.2 Å². The van der Waals surface area contributed by atoms with E-state index in [1.165, 1.54) is 11.1 Å². The maximum atomic E-state index is 12.4. The number of ether oxygens (including phenoxy) is 1. The Kier molecular flexibility index (Phi) is 6.95. The molecule has 2 aromatic rings. The summed E-state index contributed by atoms with van der Waals surface area (Å²) in [4.78, 5) is 28.1. The van der Waals surface area contributed by atoms with E-state index in [2.05, 4.69) is 15.4 Å². The second kappa shape index (κ2) is 9.62. The van der Waals surface area contributed by atoms with E-state index < -0.39 is 11.8 Å². The minimum Gasteiger partial charge on any atom is -0.495 e. The fraction of sp³-hybridized carbons (Fsp3) is 0.250. The standard InChI is InChI=1S/C20H20Cl2N4O3/c1-29-18-8-3-2-7-17(18)25-9-11-26(12-10-25)20(28)19(27)24-23-13-14-15(21)5-4-6-16(14)22/h2-8,13H,9-12H2,1H3,(H,24,27)/b23-13-. The number of hydrogen-bond acceptors (Lipinski definition) is 5. The first-order valence-electron chi connectivity index (χ1n) is 8.95. The number of nitrogens with zero attached hydrogens (tertiary/aromatic N) is 3. The number of hydrogen-bond donors (Lipinski definition) is 1. The SMILES string of the molecule is COc1ccccc1N1CCN(C(=O)C(=O)N/N=C\c2c(Cl)cccc2Cl)CC1. The highest BCUT2D eigenvalue weighted by Crippen LogP contribution is 2.28. The molecule has 1 aliphatic heterocycles. The average Bonchev–Trinajstić information content (AvgIpc) is 2.75. The lowest BCUT2D eigenvalue weighted by Crippen LogP contribution is -2.52. The highest BCUT2D eigenvalue weighted by atomic mass is 35.5. The van der Waals surface area contributed by atoms with Crippen molar-refractivity contribution in [2.45, 2.75) is 0 Å². The maximum absolute atomic E-state index is 12.4. The van der Waals surface area contributed by atoms with Crippen molar-refractivity contribution in [3.63, 3.8) is 0 Å². The van der Waals surface area contributed by atoms with Crippen LogP contribution < -0.4 is 15.1 Å². The highest BCUT2D eigenvalue weighted by Gasteiger charge is 2.26. The van der Waals surface area contributed by atoms with E-state index in [1.807, 2.05) is 24.3 Å². The van der Waals surface area contributed by atoms with Crippen LogP contribution in [0.5, 0.6) is 5.75 Å². The molecular formula is C20H20Cl2N4O3. The fourth-order valence-electron chi connectivity index (χ4n) is 3.02. The molecule has 1 saturated heterocycles. The zero-order chi connectivity index (χ0) is 20.8. The minimum absolute atomic E-state index is 0.397. The predicted octanol–water partition coefficient (Wildman–Crippen LogP) is 2.80. The third-order valence-electron chi connectivity index (χ3n) is 4.55. The molecule has 0 radical (unpaired) electrons. The normalized spacial score (nSPS) is 14.2. The number of nitrogens with one attached hydrogen (secondary N) is 1. The number of carbonyl (C=O) groups is 2. The van der Waals surface area contributed by atoms with Gasteiger partial charge in [0.25, 0.3) is 0 Å². The van der Waals surface area contributed by atoms with Crippen molar-refractivity contribution < 1.29 is 14.3 Å². The summed E-state index contributed by atoms with van der Waals surface area (Å²) in [5.74, 6) is -0.667. The van der Waals surface area contributed by atoms with Gasteiger partial charge in [-0.25, -0.2) is 5.43 Å². The molecule has 0 atom stereocenters. The smallest absolute Gasteiger partial charge is 0.329 e. The second-order valence-corrected chi connectivity index (χ2v) is 7.10. The number of methoxy groups -OCH3 is 1. The lowest BCUT2D eigenvalue weighted by Gasteiger charge is -2.36. The Bertz CT molecular complexity index is 907. The Hall–Kier alpha value is -2.77. The van der Waals surface area contributed by atoms with Gasteiger partial charge in [-0.3, -0.25) is 9.59 Å². The third kappa shape index (κ3) is 4.99. The molecule has 9 heteroatoms. The van der Waals surface area contributed by atoms with Gasteiger partial charge in [0.15, 0.2) is 0 Å². The predicted molar refractivity (Wildman–Crippen MR) is 114 cm³/mol. The Labute approximate surface area is 178 Å². The van der Waals surface area contributed by atoms with Crippen molar-refractivity contribution in [3.8, 4) is 5.75 Å². The molecule has 2 amide bonds. The summed E-state index contributed by atoms with van der Waals surface area (Å²) in [6.07, 6.45) is 1.31. The van der Waals surface area contributed by atoms with E-state index in [-0.39, 0.29) is 0 Å². The largest absolute Gasteiger partial charge is 0.495 e.